The molecule has 0 radical (unpaired) electrons. The monoisotopic (exact) mass is 524 g/mol. The number of rotatable bonds is 7. The second kappa shape index (κ2) is 9.69. The van der Waals surface area contributed by atoms with Crippen molar-refractivity contribution in [3.63, 3.8) is 0 Å². The van der Waals surface area contributed by atoms with Crippen molar-refractivity contribution in [3.05, 3.63) is 83.9 Å². The molecule has 36 heavy (non-hydrogen) atoms. The number of hydrogen-bond acceptors (Lipinski definition) is 7. The molecular weight excluding hydrogens is 500 g/mol. The van der Waals surface area contributed by atoms with Crippen LogP contribution >= 0.6 is 0 Å². The van der Waals surface area contributed by atoms with E-state index in [9.17, 15) is 21.4 Å². The Morgan fingerprint density at radius 1 is 0.917 bits per heavy atom. The second-order valence-electron chi connectivity index (χ2n) is 8.13. The molecule has 0 saturated heterocycles. The van der Waals surface area contributed by atoms with Gasteiger partial charge in [-0.1, -0.05) is 43.3 Å². The van der Waals surface area contributed by atoms with Crippen molar-refractivity contribution in [2.75, 3.05) is 10.5 Å². The number of hydrogen-bond donors (Lipinski definition) is 3. The number of anilines is 2. The van der Waals surface area contributed by atoms with Gasteiger partial charge in [-0.05, 0) is 66.3 Å². The highest BCUT2D eigenvalue weighted by molar-refractivity contribution is 7.92. The van der Waals surface area contributed by atoms with Gasteiger partial charge in [-0.2, -0.15) is 13.5 Å². The first-order chi connectivity index (χ1) is 17.0. The van der Waals surface area contributed by atoms with Gasteiger partial charge < -0.3 is 5.73 Å². The molecule has 9 nitrogen and oxygen atoms in total. The van der Waals surface area contributed by atoms with E-state index in [-0.39, 0.29) is 21.2 Å². The molecule has 11 heteroatoms. The summed E-state index contributed by atoms with van der Waals surface area (Å²) in [6.45, 7) is 3.64. The highest BCUT2D eigenvalue weighted by atomic mass is 32.2. The first-order valence-corrected chi connectivity index (χ1v) is 13.8. The van der Waals surface area contributed by atoms with Crippen LogP contribution in [0.3, 0.4) is 0 Å². The van der Waals surface area contributed by atoms with Crippen LogP contribution in [0.5, 0.6) is 0 Å². The van der Waals surface area contributed by atoms with E-state index in [1.807, 2.05) is 19.1 Å². The third-order valence-corrected chi connectivity index (χ3v) is 8.02. The summed E-state index contributed by atoms with van der Waals surface area (Å²) in [5, 5.41) is 9.44. The van der Waals surface area contributed by atoms with E-state index in [1.54, 1.807) is 43.3 Å². The van der Waals surface area contributed by atoms with Crippen molar-refractivity contribution in [1.82, 2.24) is 0 Å². The normalized spacial score (nSPS) is 12.3. The number of nitrogen functional groups attached to an aromatic ring is 1. The number of benzene rings is 4. The quantitative estimate of drug-likeness (QED) is 0.159. The molecule has 0 aliphatic rings. The van der Waals surface area contributed by atoms with Gasteiger partial charge in [-0.3, -0.25) is 9.27 Å². The van der Waals surface area contributed by atoms with E-state index in [1.165, 1.54) is 24.3 Å². The van der Waals surface area contributed by atoms with E-state index < -0.39 is 20.1 Å². The van der Waals surface area contributed by atoms with Gasteiger partial charge in [0.05, 0.1) is 26.9 Å². The van der Waals surface area contributed by atoms with Crippen molar-refractivity contribution in [2.24, 2.45) is 10.2 Å². The lowest BCUT2D eigenvalue weighted by Crippen LogP contribution is -2.15. The van der Waals surface area contributed by atoms with Crippen LogP contribution in [-0.2, 0) is 26.6 Å². The number of azo groups is 1. The Kier molecular flexibility index (Phi) is 6.81. The van der Waals surface area contributed by atoms with E-state index in [0.717, 1.165) is 5.56 Å². The summed E-state index contributed by atoms with van der Waals surface area (Å²) in [5.74, 6) is 0. The van der Waals surface area contributed by atoms with Crippen LogP contribution in [0.2, 0.25) is 0 Å². The smallest absolute Gasteiger partial charge is 0.294 e. The zero-order valence-electron chi connectivity index (χ0n) is 19.5. The van der Waals surface area contributed by atoms with Crippen molar-refractivity contribution >= 4 is 53.7 Å². The summed E-state index contributed by atoms with van der Waals surface area (Å²) in [7, 11) is -8.27. The number of aryl methyl sites for hydroxylation is 2. The van der Waals surface area contributed by atoms with Crippen molar-refractivity contribution in [2.45, 2.75) is 30.1 Å². The summed E-state index contributed by atoms with van der Waals surface area (Å²) < 4.78 is 61.3. The van der Waals surface area contributed by atoms with E-state index in [4.69, 9.17) is 5.73 Å². The lowest BCUT2D eigenvalue weighted by Gasteiger charge is -2.13. The van der Waals surface area contributed by atoms with Gasteiger partial charge in [0.2, 0.25) is 0 Å². The standard InChI is InChI=1S/C25H24N4O5S2/c1-3-17-6-4-5-7-23(17)29-35(30,31)24-15-19(10-8-16(24)2)27-28-25-21-12-11-20(36(32,33)34)14-18(21)9-13-22(25)26/h4-15,29H,3,26H2,1-2H3,(H,32,33,34). The number of para-hydroxylation sites is 1. The van der Waals surface area contributed by atoms with Crippen LogP contribution in [0.1, 0.15) is 18.1 Å². The van der Waals surface area contributed by atoms with Crippen LogP contribution in [0.4, 0.5) is 22.7 Å². The fraction of sp³-hybridized carbons (Fsp3) is 0.120. The second-order valence-corrected chi connectivity index (χ2v) is 11.2. The van der Waals surface area contributed by atoms with Crippen LogP contribution in [-0.4, -0.2) is 21.4 Å². The predicted octanol–water partition coefficient (Wildman–Crippen LogP) is 5.76. The lowest BCUT2D eigenvalue weighted by molar-refractivity contribution is 0.483. The van der Waals surface area contributed by atoms with E-state index >= 15 is 0 Å². The molecule has 4 aromatic rings. The molecule has 0 saturated carbocycles. The molecule has 0 bridgehead atoms. The molecule has 4 N–H and O–H groups in total. The molecular formula is C25H24N4O5S2. The van der Waals surface area contributed by atoms with E-state index in [2.05, 4.69) is 15.0 Å². The topological polar surface area (TPSA) is 151 Å². The minimum absolute atomic E-state index is 0.0635. The fourth-order valence-electron chi connectivity index (χ4n) is 3.76. The van der Waals surface area contributed by atoms with E-state index in [0.29, 0.717) is 34.1 Å². The molecule has 0 aromatic heterocycles. The number of nitrogens with two attached hydrogens (primary N) is 1. The van der Waals surface area contributed by atoms with Gasteiger partial charge in [-0.15, -0.1) is 5.11 Å². The van der Waals surface area contributed by atoms with Crippen LogP contribution in [0, 0.1) is 6.92 Å². The molecule has 186 valence electrons. The summed E-state index contributed by atoms with van der Waals surface area (Å²) >= 11 is 0. The Hall–Kier alpha value is -3.80. The van der Waals surface area contributed by atoms with Gasteiger partial charge in [-0.25, -0.2) is 8.42 Å². The van der Waals surface area contributed by atoms with Gasteiger partial charge in [0, 0.05) is 5.39 Å². The number of nitrogens with one attached hydrogen (secondary N) is 1. The Morgan fingerprint density at radius 3 is 2.39 bits per heavy atom. The van der Waals surface area contributed by atoms with Gasteiger partial charge >= 0.3 is 0 Å². The summed E-state index contributed by atoms with van der Waals surface area (Å²) in [4.78, 5) is -0.193. The number of sulfonamides is 1. The van der Waals surface area contributed by atoms with Crippen LogP contribution in [0.15, 0.2) is 92.8 Å². The largest absolute Gasteiger partial charge is 0.397 e. The molecule has 4 rings (SSSR count). The summed E-state index contributed by atoms with van der Waals surface area (Å²) in [6.07, 6.45) is 0.671. The molecule has 0 fully saturated rings. The van der Waals surface area contributed by atoms with Crippen LogP contribution in [0.25, 0.3) is 10.8 Å². The Morgan fingerprint density at radius 2 is 1.67 bits per heavy atom. The maximum atomic E-state index is 13.2. The Bertz CT molecular complexity index is 1720. The van der Waals surface area contributed by atoms with Gasteiger partial charge in [0.1, 0.15) is 5.69 Å². The molecule has 0 aliphatic heterocycles. The maximum Gasteiger partial charge on any atom is 0.294 e. The van der Waals surface area contributed by atoms with Gasteiger partial charge in [0.25, 0.3) is 20.1 Å². The average molecular weight is 525 g/mol. The third kappa shape index (κ3) is 5.23. The Balaban J connectivity index is 1.71. The first kappa shape index (κ1) is 25.3. The van der Waals surface area contributed by atoms with Crippen molar-refractivity contribution in [3.8, 4) is 0 Å². The predicted molar refractivity (Wildman–Crippen MR) is 140 cm³/mol. The number of nitrogens with zero attached hydrogens (tertiary/aromatic N) is 2. The molecule has 0 atom stereocenters. The minimum Gasteiger partial charge on any atom is -0.397 e. The van der Waals surface area contributed by atoms with Crippen molar-refractivity contribution in [1.29, 1.82) is 0 Å². The molecule has 0 unspecified atom stereocenters. The number of fused-ring (bicyclic) bond motifs is 1. The minimum atomic E-state index is -4.37. The van der Waals surface area contributed by atoms with Gasteiger partial charge in [0.15, 0.2) is 0 Å². The third-order valence-electron chi connectivity index (χ3n) is 5.66. The first-order valence-electron chi connectivity index (χ1n) is 10.9. The Labute approximate surface area is 209 Å². The molecule has 0 aliphatic carbocycles. The highest BCUT2D eigenvalue weighted by Gasteiger charge is 2.19. The average Bonchev–Trinajstić information content (AvgIpc) is 2.83. The van der Waals surface area contributed by atoms with Crippen LogP contribution < -0.4 is 10.5 Å². The lowest BCUT2D eigenvalue weighted by atomic mass is 10.1. The molecule has 0 spiro atoms. The SMILES string of the molecule is CCc1ccccc1NS(=O)(=O)c1cc(N=Nc2c(N)ccc3cc(S(=O)(=O)O)ccc23)ccc1C. The highest BCUT2D eigenvalue weighted by Crippen LogP contribution is 2.35. The maximum absolute atomic E-state index is 13.2. The zero-order chi connectivity index (χ0) is 26.1. The molecule has 0 amide bonds. The summed E-state index contributed by atoms with van der Waals surface area (Å²) in [5.41, 5.74) is 8.88. The fourth-order valence-corrected chi connectivity index (χ4v) is 5.64. The molecule has 0 heterocycles. The van der Waals surface area contributed by atoms with Crippen molar-refractivity contribution < 1.29 is 21.4 Å². The molecule has 4 aromatic carbocycles. The summed E-state index contributed by atoms with van der Waals surface area (Å²) in [6, 6.07) is 19.1. The zero-order valence-corrected chi connectivity index (χ0v) is 21.1.